The number of para-hydroxylation sites is 1. The van der Waals surface area contributed by atoms with E-state index in [-0.39, 0.29) is 5.91 Å². The normalized spacial score (nSPS) is 10.7. The summed E-state index contributed by atoms with van der Waals surface area (Å²) in [5, 5.41) is 3.77. The molecule has 0 fully saturated rings. The third kappa shape index (κ3) is 4.31. The first kappa shape index (κ1) is 17.3. The standard InChI is InChI=1S/C20H21N3OS/c1-14-10-15(2)12-17(11-14)22-19(24)13-25-20-21-8-9-23(20)18-7-5-4-6-16(18)3/h4-12H,13H2,1-3H3,(H,22,24). The molecule has 1 heterocycles. The average molecular weight is 351 g/mol. The number of amides is 1. The molecule has 0 unspecified atom stereocenters. The summed E-state index contributed by atoms with van der Waals surface area (Å²) in [7, 11) is 0. The van der Waals surface area contributed by atoms with E-state index in [2.05, 4.69) is 35.4 Å². The fourth-order valence-electron chi connectivity index (χ4n) is 2.79. The van der Waals surface area contributed by atoms with Crippen molar-refractivity contribution in [1.29, 1.82) is 0 Å². The van der Waals surface area contributed by atoms with Gasteiger partial charge in [0.25, 0.3) is 0 Å². The van der Waals surface area contributed by atoms with Gasteiger partial charge in [0, 0.05) is 18.1 Å². The number of imidazole rings is 1. The summed E-state index contributed by atoms with van der Waals surface area (Å²) >= 11 is 1.43. The van der Waals surface area contributed by atoms with Crippen molar-refractivity contribution in [3.05, 3.63) is 71.5 Å². The molecule has 4 nitrogen and oxygen atoms in total. The highest BCUT2D eigenvalue weighted by molar-refractivity contribution is 7.99. The average Bonchev–Trinajstić information content (AvgIpc) is 3.00. The summed E-state index contributed by atoms with van der Waals surface area (Å²) in [6, 6.07) is 14.2. The van der Waals surface area contributed by atoms with Crippen LogP contribution in [0.5, 0.6) is 0 Å². The van der Waals surface area contributed by atoms with Gasteiger partial charge in [0.2, 0.25) is 5.91 Å². The fourth-order valence-corrected chi connectivity index (χ4v) is 3.55. The molecule has 0 saturated carbocycles. The van der Waals surface area contributed by atoms with Crippen LogP contribution in [0.1, 0.15) is 16.7 Å². The largest absolute Gasteiger partial charge is 0.325 e. The number of carbonyl (C=O) groups is 1. The zero-order valence-corrected chi connectivity index (χ0v) is 15.4. The number of rotatable bonds is 5. The number of aromatic nitrogens is 2. The van der Waals surface area contributed by atoms with Gasteiger partial charge in [-0.2, -0.15) is 0 Å². The molecule has 0 bridgehead atoms. The molecule has 25 heavy (non-hydrogen) atoms. The number of carbonyl (C=O) groups excluding carboxylic acids is 1. The zero-order valence-electron chi connectivity index (χ0n) is 14.6. The van der Waals surface area contributed by atoms with Gasteiger partial charge in [-0.05, 0) is 55.7 Å². The van der Waals surface area contributed by atoms with Crippen LogP contribution >= 0.6 is 11.8 Å². The molecule has 1 aromatic heterocycles. The highest BCUT2D eigenvalue weighted by atomic mass is 32.2. The van der Waals surface area contributed by atoms with Crippen molar-refractivity contribution >= 4 is 23.4 Å². The molecule has 3 aromatic rings. The Bertz CT molecular complexity index is 881. The van der Waals surface area contributed by atoms with Gasteiger partial charge in [0.1, 0.15) is 0 Å². The predicted octanol–water partition coefficient (Wildman–Crippen LogP) is 4.53. The molecular formula is C20H21N3OS. The molecule has 0 radical (unpaired) electrons. The Morgan fingerprint density at radius 1 is 1.12 bits per heavy atom. The van der Waals surface area contributed by atoms with E-state index >= 15 is 0 Å². The van der Waals surface area contributed by atoms with Crippen LogP contribution in [-0.4, -0.2) is 21.2 Å². The summed E-state index contributed by atoms with van der Waals surface area (Å²) in [5.74, 6) is 0.282. The van der Waals surface area contributed by atoms with Crippen molar-refractivity contribution < 1.29 is 4.79 Å². The first-order valence-electron chi connectivity index (χ1n) is 8.13. The van der Waals surface area contributed by atoms with E-state index in [1.165, 1.54) is 17.3 Å². The molecule has 128 valence electrons. The Hall–Kier alpha value is -2.53. The molecule has 0 atom stereocenters. The Labute approximate surface area is 152 Å². The number of hydrogen-bond acceptors (Lipinski definition) is 3. The molecule has 3 rings (SSSR count). The number of aryl methyl sites for hydroxylation is 3. The van der Waals surface area contributed by atoms with Gasteiger partial charge in [-0.15, -0.1) is 0 Å². The Morgan fingerprint density at radius 3 is 2.56 bits per heavy atom. The second kappa shape index (κ2) is 7.57. The minimum absolute atomic E-state index is 0.0330. The smallest absolute Gasteiger partial charge is 0.234 e. The van der Waals surface area contributed by atoms with Gasteiger partial charge in [-0.3, -0.25) is 9.36 Å². The van der Waals surface area contributed by atoms with Gasteiger partial charge in [-0.1, -0.05) is 36.0 Å². The summed E-state index contributed by atoms with van der Waals surface area (Å²) < 4.78 is 2.02. The van der Waals surface area contributed by atoms with E-state index in [1.807, 2.05) is 48.9 Å². The minimum Gasteiger partial charge on any atom is -0.325 e. The molecule has 5 heteroatoms. The molecule has 0 aliphatic heterocycles. The van der Waals surface area contributed by atoms with Crippen molar-refractivity contribution in [2.24, 2.45) is 0 Å². The number of nitrogens with one attached hydrogen (secondary N) is 1. The quantitative estimate of drug-likeness (QED) is 0.687. The molecule has 2 aromatic carbocycles. The van der Waals surface area contributed by atoms with Gasteiger partial charge < -0.3 is 5.32 Å². The van der Waals surface area contributed by atoms with Crippen molar-refractivity contribution in [3.63, 3.8) is 0 Å². The van der Waals surface area contributed by atoms with Gasteiger partial charge in [0.05, 0.1) is 11.4 Å². The lowest BCUT2D eigenvalue weighted by Crippen LogP contribution is -2.14. The number of benzene rings is 2. The topological polar surface area (TPSA) is 46.9 Å². The minimum atomic E-state index is -0.0330. The highest BCUT2D eigenvalue weighted by Crippen LogP contribution is 2.23. The highest BCUT2D eigenvalue weighted by Gasteiger charge is 2.10. The van der Waals surface area contributed by atoms with E-state index in [4.69, 9.17) is 0 Å². The van der Waals surface area contributed by atoms with E-state index in [0.29, 0.717) is 5.75 Å². The van der Waals surface area contributed by atoms with Crippen LogP contribution < -0.4 is 5.32 Å². The molecule has 1 amide bonds. The molecule has 0 aliphatic rings. The Balaban J connectivity index is 1.67. The van der Waals surface area contributed by atoms with Crippen LogP contribution in [-0.2, 0) is 4.79 Å². The number of anilines is 1. The maximum absolute atomic E-state index is 12.3. The third-order valence-corrected chi connectivity index (χ3v) is 4.79. The van der Waals surface area contributed by atoms with Crippen LogP contribution in [0.25, 0.3) is 5.69 Å². The fraction of sp³-hybridized carbons (Fsp3) is 0.200. The summed E-state index contributed by atoms with van der Waals surface area (Å²) in [6.07, 6.45) is 3.68. The SMILES string of the molecule is Cc1cc(C)cc(NC(=O)CSc2nccn2-c2ccccc2C)c1. The molecule has 0 saturated heterocycles. The van der Waals surface area contributed by atoms with E-state index in [0.717, 1.165) is 27.7 Å². The van der Waals surface area contributed by atoms with E-state index in [1.54, 1.807) is 6.20 Å². The summed E-state index contributed by atoms with van der Waals surface area (Å²) in [4.78, 5) is 16.7. The molecule has 0 aliphatic carbocycles. The summed E-state index contributed by atoms with van der Waals surface area (Å²) in [6.45, 7) is 6.11. The van der Waals surface area contributed by atoms with Crippen LogP contribution in [0.4, 0.5) is 5.69 Å². The van der Waals surface area contributed by atoms with Crippen LogP contribution in [0.2, 0.25) is 0 Å². The predicted molar refractivity (Wildman–Crippen MR) is 104 cm³/mol. The maximum Gasteiger partial charge on any atom is 0.234 e. The van der Waals surface area contributed by atoms with Crippen LogP contribution in [0.3, 0.4) is 0 Å². The lowest BCUT2D eigenvalue weighted by molar-refractivity contribution is -0.113. The molecule has 0 spiro atoms. The van der Waals surface area contributed by atoms with E-state index < -0.39 is 0 Å². The first-order chi connectivity index (χ1) is 12.0. The van der Waals surface area contributed by atoms with Gasteiger partial charge in [-0.25, -0.2) is 4.98 Å². The zero-order chi connectivity index (χ0) is 17.8. The number of nitrogens with zero attached hydrogens (tertiary/aromatic N) is 2. The van der Waals surface area contributed by atoms with Crippen LogP contribution in [0, 0.1) is 20.8 Å². The lowest BCUT2D eigenvalue weighted by atomic mass is 10.1. The second-order valence-corrected chi connectivity index (χ2v) is 7.02. The van der Waals surface area contributed by atoms with Crippen molar-refractivity contribution in [1.82, 2.24) is 9.55 Å². The van der Waals surface area contributed by atoms with E-state index in [9.17, 15) is 4.79 Å². The van der Waals surface area contributed by atoms with Crippen molar-refractivity contribution in [2.45, 2.75) is 25.9 Å². The van der Waals surface area contributed by atoms with Crippen molar-refractivity contribution in [2.75, 3.05) is 11.1 Å². The monoisotopic (exact) mass is 351 g/mol. The second-order valence-electron chi connectivity index (χ2n) is 6.08. The van der Waals surface area contributed by atoms with Gasteiger partial charge in [0.15, 0.2) is 5.16 Å². The maximum atomic E-state index is 12.3. The van der Waals surface area contributed by atoms with Crippen LogP contribution in [0.15, 0.2) is 60.0 Å². The lowest BCUT2D eigenvalue weighted by Gasteiger charge is -2.10. The molecular weight excluding hydrogens is 330 g/mol. The molecule has 1 N–H and O–H groups in total. The number of thioether (sulfide) groups is 1. The van der Waals surface area contributed by atoms with Crippen molar-refractivity contribution in [3.8, 4) is 5.69 Å². The number of hydrogen-bond donors (Lipinski definition) is 1. The first-order valence-corrected chi connectivity index (χ1v) is 9.12. The third-order valence-electron chi connectivity index (χ3n) is 3.82. The summed E-state index contributed by atoms with van der Waals surface area (Å²) in [5.41, 5.74) is 5.36. The Kier molecular flexibility index (Phi) is 5.24. The van der Waals surface area contributed by atoms with Gasteiger partial charge >= 0.3 is 0 Å². The Morgan fingerprint density at radius 2 is 1.84 bits per heavy atom.